The molecule has 0 aliphatic carbocycles. The number of nitrogens with zero attached hydrogens (tertiary/aromatic N) is 5. The van der Waals surface area contributed by atoms with Crippen molar-refractivity contribution in [3.8, 4) is 6.07 Å². The average molecular weight is 516 g/mol. The maximum absolute atomic E-state index is 13.4. The number of piperazine rings is 1. The van der Waals surface area contributed by atoms with Crippen LogP contribution in [0, 0.1) is 11.3 Å². The van der Waals surface area contributed by atoms with Crippen molar-refractivity contribution in [2.75, 3.05) is 52.6 Å². The SMILES string of the molecule is CN(Cc1ccc(C#N)cc1)C1CN(C(=O)N2CCN(S(C)(=O)=O)CC2)CC1c1ccc(Cl)cc1. The Labute approximate surface area is 212 Å². The number of carbonyl (C=O) groups excluding carboxylic acids is 1. The highest BCUT2D eigenvalue weighted by Gasteiger charge is 2.40. The molecular formula is C25H30ClN5O3S. The topological polar surface area (TPSA) is 88.0 Å². The standard InChI is InChI=1S/C25H30ClN5O3S/c1-28(16-20-5-3-19(15-27)4-6-20)24-18-30(17-23(24)21-7-9-22(26)10-8-21)25(32)29-11-13-31(14-12-29)35(2,33)34/h3-10,23-24H,11-14,16-18H2,1-2H3. The minimum Gasteiger partial charge on any atom is -0.322 e. The summed E-state index contributed by atoms with van der Waals surface area (Å²) in [6, 6.07) is 17.6. The monoisotopic (exact) mass is 515 g/mol. The first-order valence-electron chi connectivity index (χ1n) is 11.6. The van der Waals surface area contributed by atoms with Crippen molar-refractivity contribution in [3.05, 3.63) is 70.2 Å². The van der Waals surface area contributed by atoms with Crippen LogP contribution in [-0.2, 0) is 16.6 Å². The third-order valence-electron chi connectivity index (χ3n) is 6.92. The fourth-order valence-corrected chi connectivity index (χ4v) is 5.88. The van der Waals surface area contributed by atoms with Gasteiger partial charge in [-0.25, -0.2) is 13.2 Å². The molecule has 2 heterocycles. The molecule has 2 aliphatic rings. The maximum Gasteiger partial charge on any atom is 0.320 e. The van der Waals surface area contributed by atoms with Gasteiger partial charge in [-0.1, -0.05) is 35.9 Å². The molecule has 0 radical (unpaired) electrons. The van der Waals surface area contributed by atoms with Crippen molar-refractivity contribution >= 4 is 27.7 Å². The van der Waals surface area contributed by atoms with Crippen molar-refractivity contribution in [1.29, 1.82) is 5.26 Å². The number of likely N-dealkylation sites (tertiary alicyclic amines) is 1. The van der Waals surface area contributed by atoms with Crippen LogP contribution in [0.5, 0.6) is 0 Å². The fraction of sp³-hybridized carbons (Fsp3) is 0.440. The molecule has 2 fully saturated rings. The molecule has 2 unspecified atom stereocenters. The van der Waals surface area contributed by atoms with Crippen LogP contribution in [0.1, 0.15) is 22.6 Å². The summed E-state index contributed by atoms with van der Waals surface area (Å²) in [6.45, 7) is 3.26. The van der Waals surface area contributed by atoms with Gasteiger partial charge >= 0.3 is 6.03 Å². The van der Waals surface area contributed by atoms with Crippen LogP contribution in [0.25, 0.3) is 0 Å². The van der Waals surface area contributed by atoms with Gasteiger partial charge in [0.2, 0.25) is 10.0 Å². The molecule has 0 saturated carbocycles. The Morgan fingerprint density at radius 1 is 1.03 bits per heavy atom. The number of benzene rings is 2. The first kappa shape index (κ1) is 25.5. The van der Waals surface area contributed by atoms with Crippen molar-refractivity contribution in [1.82, 2.24) is 19.0 Å². The van der Waals surface area contributed by atoms with Crippen LogP contribution >= 0.6 is 11.6 Å². The minimum absolute atomic E-state index is 0.0496. The van der Waals surface area contributed by atoms with E-state index in [1.165, 1.54) is 10.6 Å². The molecule has 0 bridgehead atoms. The lowest BCUT2D eigenvalue weighted by atomic mass is 9.93. The molecule has 8 nitrogen and oxygen atoms in total. The summed E-state index contributed by atoms with van der Waals surface area (Å²) in [4.78, 5) is 19.3. The number of carbonyl (C=O) groups is 1. The molecule has 2 aliphatic heterocycles. The van der Waals surface area contributed by atoms with Crippen LogP contribution in [-0.4, -0.2) is 92.1 Å². The van der Waals surface area contributed by atoms with Crippen molar-refractivity contribution in [3.63, 3.8) is 0 Å². The number of halogens is 1. The third-order valence-corrected chi connectivity index (χ3v) is 8.47. The van der Waals surface area contributed by atoms with Crippen molar-refractivity contribution < 1.29 is 13.2 Å². The summed E-state index contributed by atoms with van der Waals surface area (Å²) < 4.78 is 25.1. The quantitative estimate of drug-likeness (QED) is 0.611. The van der Waals surface area contributed by atoms with E-state index < -0.39 is 10.0 Å². The molecular weight excluding hydrogens is 486 g/mol. The van der Waals surface area contributed by atoms with Crippen LogP contribution in [0.2, 0.25) is 5.02 Å². The van der Waals surface area contributed by atoms with E-state index in [2.05, 4.69) is 18.0 Å². The number of sulfonamides is 1. The Balaban J connectivity index is 1.49. The predicted molar refractivity (Wildman–Crippen MR) is 136 cm³/mol. The molecule has 2 amide bonds. The Morgan fingerprint density at radius 2 is 1.66 bits per heavy atom. The fourth-order valence-electron chi connectivity index (χ4n) is 4.93. The molecule has 2 saturated heterocycles. The smallest absolute Gasteiger partial charge is 0.320 e. The van der Waals surface area contributed by atoms with Crippen LogP contribution in [0.3, 0.4) is 0 Å². The van der Waals surface area contributed by atoms with E-state index in [4.69, 9.17) is 16.9 Å². The Morgan fingerprint density at radius 3 is 2.23 bits per heavy atom. The van der Waals surface area contributed by atoms with E-state index in [-0.39, 0.29) is 18.0 Å². The molecule has 35 heavy (non-hydrogen) atoms. The molecule has 186 valence electrons. The maximum atomic E-state index is 13.4. The summed E-state index contributed by atoms with van der Waals surface area (Å²) in [5.41, 5.74) is 2.86. The van der Waals surface area contributed by atoms with E-state index in [1.54, 1.807) is 4.90 Å². The minimum atomic E-state index is -3.25. The van der Waals surface area contributed by atoms with Crippen molar-refractivity contribution in [2.45, 2.75) is 18.5 Å². The lowest BCUT2D eigenvalue weighted by Gasteiger charge is -2.35. The van der Waals surface area contributed by atoms with Gasteiger partial charge in [0.25, 0.3) is 0 Å². The van der Waals surface area contributed by atoms with Gasteiger partial charge in [0.1, 0.15) is 0 Å². The average Bonchev–Trinajstić information content (AvgIpc) is 3.30. The Hall–Kier alpha value is -2.64. The van der Waals surface area contributed by atoms with Gasteiger partial charge < -0.3 is 9.80 Å². The van der Waals surface area contributed by atoms with E-state index in [9.17, 15) is 13.2 Å². The number of hydrogen-bond acceptors (Lipinski definition) is 5. The van der Waals surface area contributed by atoms with E-state index in [1.807, 2.05) is 53.4 Å². The summed E-state index contributed by atoms with van der Waals surface area (Å²) in [5, 5.41) is 9.73. The van der Waals surface area contributed by atoms with Gasteiger partial charge in [0.15, 0.2) is 0 Å². The third kappa shape index (κ3) is 5.96. The summed E-state index contributed by atoms with van der Waals surface area (Å²) in [6.07, 6.45) is 1.20. The molecule has 2 aromatic carbocycles. The number of nitriles is 1. The zero-order valence-electron chi connectivity index (χ0n) is 20.0. The highest BCUT2D eigenvalue weighted by atomic mass is 35.5. The van der Waals surface area contributed by atoms with Gasteiger partial charge in [-0.05, 0) is 42.4 Å². The second-order valence-electron chi connectivity index (χ2n) is 9.29. The van der Waals surface area contributed by atoms with Crippen LogP contribution in [0.15, 0.2) is 48.5 Å². The second kappa shape index (κ2) is 10.5. The van der Waals surface area contributed by atoms with E-state index in [0.29, 0.717) is 56.4 Å². The number of hydrogen-bond donors (Lipinski definition) is 0. The molecule has 0 N–H and O–H groups in total. The number of likely N-dealkylation sites (N-methyl/N-ethyl adjacent to an activating group) is 1. The zero-order chi connectivity index (χ0) is 25.2. The number of amides is 2. The summed E-state index contributed by atoms with van der Waals surface area (Å²) in [7, 11) is -1.19. The molecule has 2 aromatic rings. The lowest BCUT2D eigenvalue weighted by Crippen LogP contribution is -2.53. The van der Waals surface area contributed by atoms with Crippen LogP contribution in [0.4, 0.5) is 4.79 Å². The molecule has 0 aromatic heterocycles. The first-order chi connectivity index (χ1) is 16.7. The second-order valence-corrected chi connectivity index (χ2v) is 11.7. The lowest BCUT2D eigenvalue weighted by molar-refractivity contribution is 0.138. The highest BCUT2D eigenvalue weighted by molar-refractivity contribution is 7.88. The zero-order valence-corrected chi connectivity index (χ0v) is 21.5. The van der Waals surface area contributed by atoms with E-state index in [0.717, 1.165) is 11.1 Å². The van der Waals surface area contributed by atoms with Gasteiger partial charge in [-0.3, -0.25) is 4.90 Å². The Kier molecular flexibility index (Phi) is 7.67. The molecule has 4 rings (SSSR count). The van der Waals surface area contributed by atoms with Gasteiger partial charge in [-0.15, -0.1) is 0 Å². The van der Waals surface area contributed by atoms with Gasteiger partial charge in [0, 0.05) is 62.8 Å². The summed E-state index contributed by atoms with van der Waals surface area (Å²) in [5.74, 6) is 0.108. The largest absolute Gasteiger partial charge is 0.322 e. The number of urea groups is 1. The summed E-state index contributed by atoms with van der Waals surface area (Å²) >= 11 is 6.12. The van der Waals surface area contributed by atoms with Gasteiger partial charge in [-0.2, -0.15) is 9.57 Å². The van der Waals surface area contributed by atoms with Crippen LogP contribution < -0.4 is 0 Å². The molecule has 2 atom stereocenters. The van der Waals surface area contributed by atoms with Crippen molar-refractivity contribution in [2.24, 2.45) is 0 Å². The first-order valence-corrected chi connectivity index (χ1v) is 13.8. The highest BCUT2D eigenvalue weighted by Crippen LogP contribution is 2.33. The molecule has 0 spiro atoms. The predicted octanol–water partition coefficient (Wildman–Crippen LogP) is 2.81. The van der Waals surface area contributed by atoms with Gasteiger partial charge in [0.05, 0.1) is 17.9 Å². The normalized spacial score (nSPS) is 21.3. The molecule has 10 heteroatoms. The Bertz CT molecular complexity index is 1190. The van der Waals surface area contributed by atoms with E-state index >= 15 is 0 Å². The number of rotatable bonds is 5.